The number of aliphatic hydroxyl groups is 1. The molecule has 2 heterocycles. The number of oxazole rings is 1. The Morgan fingerprint density at radius 2 is 1.93 bits per heavy atom. The molecule has 2 amide bonds. The second-order valence-corrected chi connectivity index (χ2v) is 6.35. The topological polar surface area (TPSA) is 95.7 Å². The van der Waals surface area contributed by atoms with Crippen molar-refractivity contribution in [2.24, 2.45) is 0 Å². The van der Waals surface area contributed by atoms with Gasteiger partial charge in [0.1, 0.15) is 11.2 Å². The standard InChI is InChI=1S/C19H14ClN3O4/c20-12-3-6-16-14(9-12)22-18(27-16)11-1-4-13(5-2-11)21-15-10-17(25)23(7-8-24)19(15)26/h1-6,9-10,21,24H,7-8H2. The highest BCUT2D eigenvalue weighted by atomic mass is 35.5. The molecular weight excluding hydrogens is 370 g/mol. The lowest BCUT2D eigenvalue weighted by Gasteiger charge is -2.13. The van der Waals surface area contributed by atoms with Crippen LogP contribution in [0.3, 0.4) is 0 Å². The van der Waals surface area contributed by atoms with Crippen LogP contribution in [0.4, 0.5) is 5.69 Å². The molecule has 3 aromatic rings. The molecule has 4 rings (SSSR count). The summed E-state index contributed by atoms with van der Waals surface area (Å²) in [4.78, 5) is 29.3. The number of anilines is 1. The SMILES string of the molecule is O=C1C=C(Nc2ccc(-c3nc4cc(Cl)ccc4o3)cc2)C(=O)N1CCO. The first-order chi connectivity index (χ1) is 13.0. The fourth-order valence-electron chi connectivity index (χ4n) is 2.79. The molecule has 8 heteroatoms. The van der Waals surface area contributed by atoms with E-state index in [1.54, 1.807) is 42.5 Å². The zero-order valence-corrected chi connectivity index (χ0v) is 14.7. The molecule has 2 aromatic carbocycles. The first kappa shape index (κ1) is 17.3. The van der Waals surface area contributed by atoms with Crippen molar-refractivity contribution in [1.82, 2.24) is 9.88 Å². The van der Waals surface area contributed by atoms with E-state index in [0.29, 0.717) is 27.7 Å². The van der Waals surface area contributed by atoms with E-state index >= 15 is 0 Å². The number of hydrogen-bond acceptors (Lipinski definition) is 6. The average molecular weight is 384 g/mol. The van der Waals surface area contributed by atoms with Gasteiger partial charge in [0.15, 0.2) is 5.58 Å². The lowest BCUT2D eigenvalue weighted by Crippen LogP contribution is -2.34. The minimum absolute atomic E-state index is 0.0278. The minimum Gasteiger partial charge on any atom is -0.436 e. The van der Waals surface area contributed by atoms with Gasteiger partial charge in [0.05, 0.1) is 13.2 Å². The van der Waals surface area contributed by atoms with Gasteiger partial charge in [0, 0.05) is 22.3 Å². The first-order valence-corrected chi connectivity index (χ1v) is 8.55. The van der Waals surface area contributed by atoms with Gasteiger partial charge in [0.2, 0.25) is 5.89 Å². The van der Waals surface area contributed by atoms with Gasteiger partial charge in [-0.2, -0.15) is 0 Å². The summed E-state index contributed by atoms with van der Waals surface area (Å²) in [5, 5.41) is 12.4. The Labute approximate surface area is 158 Å². The molecule has 136 valence electrons. The summed E-state index contributed by atoms with van der Waals surface area (Å²) in [6, 6.07) is 12.3. The summed E-state index contributed by atoms with van der Waals surface area (Å²) in [5.74, 6) is -0.452. The van der Waals surface area contributed by atoms with Gasteiger partial charge in [-0.05, 0) is 42.5 Å². The van der Waals surface area contributed by atoms with Crippen LogP contribution in [0.1, 0.15) is 0 Å². The van der Waals surface area contributed by atoms with Gasteiger partial charge in [-0.1, -0.05) is 11.6 Å². The van der Waals surface area contributed by atoms with Gasteiger partial charge in [-0.15, -0.1) is 0 Å². The molecular formula is C19H14ClN3O4. The number of amides is 2. The van der Waals surface area contributed by atoms with Crippen molar-refractivity contribution in [3.8, 4) is 11.5 Å². The number of nitrogens with zero attached hydrogens (tertiary/aromatic N) is 2. The molecule has 1 aromatic heterocycles. The van der Waals surface area contributed by atoms with Crippen molar-refractivity contribution < 1.29 is 19.1 Å². The van der Waals surface area contributed by atoms with Gasteiger partial charge in [0.25, 0.3) is 11.8 Å². The Hall–Kier alpha value is -3.16. The molecule has 2 N–H and O–H groups in total. The number of nitrogens with one attached hydrogen (secondary N) is 1. The second-order valence-electron chi connectivity index (χ2n) is 5.91. The van der Waals surface area contributed by atoms with Crippen LogP contribution in [0, 0.1) is 0 Å². The van der Waals surface area contributed by atoms with Crippen LogP contribution in [-0.4, -0.2) is 40.0 Å². The van der Waals surface area contributed by atoms with Crippen LogP contribution >= 0.6 is 11.6 Å². The van der Waals surface area contributed by atoms with Crippen molar-refractivity contribution in [3.05, 3.63) is 59.3 Å². The number of carbonyl (C=O) groups is 2. The van der Waals surface area contributed by atoms with Crippen molar-refractivity contribution >= 4 is 40.2 Å². The Morgan fingerprint density at radius 1 is 1.15 bits per heavy atom. The van der Waals surface area contributed by atoms with E-state index in [-0.39, 0.29) is 18.8 Å². The fraction of sp³-hybridized carbons (Fsp3) is 0.105. The minimum atomic E-state index is -0.464. The number of aliphatic hydroxyl groups excluding tert-OH is 1. The van der Waals surface area contributed by atoms with Gasteiger partial charge >= 0.3 is 0 Å². The van der Waals surface area contributed by atoms with Crippen molar-refractivity contribution in [1.29, 1.82) is 0 Å². The molecule has 0 radical (unpaired) electrons. The third-order valence-electron chi connectivity index (χ3n) is 4.09. The van der Waals surface area contributed by atoms with E-state index in [1.165, 1.54) is 6.08 Å². The number of imide groups is 1. The predicted molar refractivity (Wildman–Crippen MR) is 100.0 cm³/mol. The maximum absolute atomic E-state index is 12.2. The van der Waals surface area contributed by atoms with Gasteiger partial charge < -0.3 is 14.8 Å². The second kappa shape index (κ2) is 6.86. The number of rotatable bonds is 5. The Morgan fingerprint density at radius 3 is 2.67 bits per heavy atom. The fourth-order valence-corrected chi connectivity index (χ4v) is 2.95. The van der Waals surface area contributed by atoms with Gasteiger partial charge in [-0.3, -0.25) is 14.5 Å². The summed E-state index contributed by atoms with van der Waals surface area (Å²) >= 11 is 5.96. The molecule has 0 saturated carbocycles. The Kier molecular flexibility index (Phi) is 4.39. The molecule has 1 aliphatic heterocycles. The quantitative estimate of drug-likeness (QED) is 0.658. The summed E-state index contributed by atoms with van der Waals surface area (Å²) < 4.78 is 5.72. The summed E-state index contributed by atoms with van der Waals surface area (Å²) in [7, 11) is 0. The van der Waals surface area contributed by atoms with E-state index in [0.717, 1.165) is 10.5 Å². The number of aromatic nitrogens is 1. The average Bonchev–Trinajstić information content (AvgIpc) is 3.18. The van der Waals surface area contributed by atoms with Crippen molar-refractivity contribution in [2.75, 3.05) is 18.5 Å². The summed E-state index contributed by atoms with van der Waals surface area (Å²) in [5.41, 5.74) is 2.87. The van der Waals surface area contributed by atoms with Crippen LogP contribution in [0.15, 0.2) is 58.7 Å². The number of benzene rings is 2. The van der Waals surface area contributed by atoms with Crippen LogP contribution in [0.5, 0.6) is 0 Å². The molecule has 27 heavy (non-hydrogen) atoms. The third-order valence-corrected chi connectivity index (χ3v) is 4.33. The number of halogens is 1. The molecule has 0 spiro atoms. The zero-order valence-electron chi connectivity index (χ0n) is 14.0. The van der Waals surface area contributed by atoms with E-state index in [2.05, 4.69) is 10.3 Å². The van der Waals surface area contributed by atoms with E-state index in [1.807, 2.05) is 0 Å². The molecule has 0 fully saturated rings. The number of β-amino-alcohol motifs (C(OH)–C–C–N with tert-alkyl or cyclic N) is 1. The van der Waals surface area contributed by atoms with Crippen LogP contribution in [-0.2, 0) is 9.59 Å². The van der Waals surface area contributed by atoms with E-state index in [9.17, 15) is 9.59 Å². The Bertz CT molecular complexity index is 1070. The van der Waals surface area contributed by atoms with Crippen molar-refractivity contribution in [2.45, 2.75) is 0 Å². The lowest BCUT2D eigenvalue weighted by atomic mass is 10.2. The van der Waals surface area contributed by atoms with Crippen LogP contribution < -0.4 is 5.32 Å². The molecule has 0 aliphatic carbocycles. The smallest absolute Gasteiger partial charge is 0.277 e. The lowest BCUT2D eigenvalue weighted by molar-refractivity contribution is -0.137. The molecule has 7 nitrogen and oxygen atoms in total. The summed E-state index contributed by atoms with van der Waals surface area (Å²) in [6.07, 6.45) is 1.22. The maximum atomic E-state index is 12.2. The molecule has 1 aliphatic rings. The maximum Gasteiger partial charge on any atom is 0.277 e. The molecule has 0 atom stereocenters. The molecule has 0 saturated heterocycles. The number of carbonyl (C=O) groups excluding carboxylic acids is 2. The summed E-state index contributed by atoms with van der Waals surface area (Å²) in [6.45, 7) is -0.303. The predicted octanol–water partition coefficient (Wildman–Crippen LogP) is 2.81. The molecule has 0 bridgehead atoms. The van der Waals surface area contributed by atoms with E-state index in [4.69, 9.17) is 21.1 Å². The molecule has 0 unspecified atom stereocenters. The largest absolute Gasteiger partial charge is 0.436 e. The highest BCUT2D eigenvalue weighted by Crippen LogP contribution is 2.27. The monoisotopic (exact) mass is 383 g/mol. The first-order valence-electron chi connectivity index (χ1n) is 8.17. The van der Waals surface area contributed by atoms with Crippen molar-refractivity contribution in [3.63, 3.8) is 0 Å². The van der Waals surface area contributed by atoms with Crippen LogP contribution in [0.25, 0.3) is 22.6 Å². The zero-order chi connectivity index (χ0) is 19.0. The number of hydrogen-bond donors (Lipinski definition) is 2. The van der Waals surface area contributed by atoms with E-state index < -0.39 is 11.8 Å². The highest BCUT2D eigenvalue weighted by molar-refractivity contribution is 6.31. The Balaban J connectivity index is 1.53. The highest BCUT2D eigenvalue weighted by Gasteiger charge is 2.30. The third kappa shape index (κ3) is 3.30. The van der Waals surface area contributed by atoms with Gasteiger partial charge in [-0.25, -0.2) is 4.98 Å². The van der Waals surface area contributed by atoms with Crippen LogP contribution in [0.2, 0.25) is 5.02 Å². The number of fused-ring (bicyclic) bond motifs is 1. The normalized spacial score (nSPS) is 14.1.